The zero-order chi connectivity index (χ0) is 24.6. The minimum Gasteiger partial charge on any atom is -0.393 e. The number of aromatic nitrogens is 5. The SMILES string of the molecule is O=C(c1ccc(Cc2ccc(C3CC3)nc2)nc1F)c1c[nH]c2ncnc(N[C@@H]3CCC[C@@H](O)C3)c12. The summed E-state index contributed by atoms with van der Waals surface area (Å²) in [5.74, 6) is -0.221. The summed E-state index contributed by atoms with van der Waals surface area (Å²) in [6.45, 7) is 0. The lowest BCUT2D eigenvalue weighted by atomic mass is 9.93. The lowest BCUT2D eigenvalue weighted by molar-refractivity contribution is 0.103. The maximum atomic E-state index is 15.1. The van der Waals surface area contributed by atoms with Gasteiger partial charge in [-0.2, -0.15) is 4.39 Å². The Labute approximate surface area is 207 Å². The number of carbonyl (C=O) groups is 1. The summed E-state index contributed by atoms with van der Waals surface area (Å²) in [7, 11) is 0. The van der Waals surface area contributed by atoms with E-state index in [1.54, 1.807) is 6.07 Å². The molecule has 0 amide bonds. The molecule has 2 saturated carbocycles. The molecule has 0 bridgehead atoms. The van der Waals surface area contributed by atoms with Crippen LogP contribution in [0.15, 0.2) is 43.0 Å². The average Bonchev–Trinajstić information content (AvgIpc) is 3.63. The topological polar surface area (TPSA) is 117 Å². The number of aliphatic hydroxyl groups excluding tert-OH is 1. The van der Waals surface area contributed by atoms with Gasteiger partial charge in [0, 0.05) is 42.2 Å². The Morgan fingerprint density at radius 1 is 1.08 bits per heavy atom. The highest BCUT2D eigenvalue weighted by Gasteiger charge is 2.26. The first-order valence-electron chi connectivity index (χ1n) is 12.5. The van der Waals surface area contributed by atoms with Gasteiger partial charge in [-0.3, -0.25) is 9.78 Å². The van der Waals surface area contributed by atoms with Gasteiger partial charge in [-0.25, -0.2) is 15.0 Å². The average molecular weight is 487 g/mol. The van der Waals surface area contributed by atoms with E-state index in [1.165, 1.54) is 31.4 Å². The van der Waals surface area contributed by atoms with Gasteiger partial charge in [0.05, 0.1) is 22.6 Å². The molecule has 2 aliphatic rings. The third-order valence-electron chi connectivity index (χ3n) is 7.08. The first kappa shape index (κ1) is 22.7. The molecule has 3 N–H and O–H groups in total. The highest BCUT2D eigenvalue weighted by atomic mass is 19.1. The highest BCUT2D eigenvalue weighted by Crippen LogP contribution is 2.38. The maximum Gasteiger partial charge on any atom is 0.224 e. The van der Waals surface area contributed by atoms with E-state index in [-0.39, 0.29) is 23.3 Å². The minimum absolute atomic E-state index is 0.0372. The van der Waals surface area contributed by atoms with E-state index in [2.05, 4.69) is 30.2 Å². The number of ketones is 1. The van der Waals surface area contributed by atoms with Crippen LogP contribution in [0.2, 0.25) is 0 Å². The largest absolute Gasteiger partial charge is 0.393 e. The van der Waals surface area contributed by atoms with Crippen LogP contribution in [-0.4, -0.2) is 48.0 Å². The molecule has 4 aromatic heterocycles. The summed E-state index contributed by atoms with van der Waals surface area (Å²) >= 11 is 0. The molecule has 0 radical (unpaired) electrons. The molecule has 9 heteroatoms. The van der Waals surface area contributed by atoms with E-state index >= 15 is 4.39 Å². The molecule has 36 heavy (non-hydrogen) atoms. The van der Waals surface area contributed by atoms with Crippen molar-refractivity contribution in [3.05, 3.63) is 77.0 Å². The van der Waals surface area contributed by atoms with Crippen molar-refractivity contribution in [1.82, 2.24) is 24.9 Å². The first-order chi connectivity index (χ1) is 17.5. The lowest BCUT2D eigenvalue weighted by Gasteiger charge is -2.27. The van der Waals surface area contributed by atoms with Crippen molar-refractivity contribution in [1.29, 1.82) is 0 Å². The number of pyridine rings is 2. The molecule has 0 spiro atoms. The molecule has 2 fully saturated rings. The van der Waals surface area contributed by atoms with Gasteiger partial charge in [0.2, 0.25) is 5.95 Å². The number of hydrogen-bond acceptors (Lipinski definition) is 7. The van der Waals surface area contributed by atoms with Gasteiger partial charge in [0.15, 0.2) is 5.78 Å². The van der Waals surface area contributed by atoms with Crippen LogP contribution in [0.3, 0.4) is 0 Å². The van der Waals surface area contributed by atoms with Gasteiger partial charge in [-0.05, 0) is 62.3 Å². The Morgan fingerprint density at radius 3 is 2.72 bits per heavy atom. The molecule has 0 aliphatic heterocycles. The Kier molecular flexibility index (Phi) is 5.92. The molecule has 0 unspecified atom stereocenters. The van der Waals surface area contributed by atoms with Crippen molar-refractivity contribution in [2.75, 3.05) is 5.32 Å². The quantitative estimate of drug-likeness (QED) is 0.263. The Morgan fingerprint density at radius 2 is 1.97 bits per heavy atom. The van der Waals surface area contributed by atoms with Crippen LogP contribution in [0.5, 0.6) is 0 Å². The van der Waals surface area contributed by atoms with E-state index in [4.69, 9.17) is 0 Å². The van der Waals surface area contributed by atoms with E-state index in [1.807, 2.05) is 18.3 Å². The molecule has 4 heterocycles. The summed E-state index contributed by atoms with van der Waals surface area (Å²) in [5, 5.41) is 13.9. The van der Waals surface area contributed by atoms with Crippen LogP contribution >= 0.6 is 0 Å². The maximum absolute atomic E-state index is 15.1. The summed E-state index contributed by atoms with van der Waals surface area (Å²) in [6, 6.07) is 7.23. The molecular formula is C27H27FN6O2. The van der Waals surface area contributed by atoms with Crippen molar-refractivity contribution < 1.29 is 14.3 Å². The van der Waals surface area contributed by atoms with E-state index in [0.29, 0.717) is 41.3 Å². The summed E-state index contributed by atoms with van der Waals surface area (Å²) in [5.41, 5.74) is 3.24. The van der Waals surface area contributed by atoms with E-state index in [0.717, 1.165) is 30.5 Å². The number of nitrogens with one attached hydrogen (secondary N) is 2. The molecule has 0 saturated heterocycles. The predicted molar refractivity (Wildman–Crippen MR) is 132 cm³/mol. The fraction of sp³-hybridized carbons (Fsp3) is 0.370. The fourth-order valence-corrected chi connectivity index (χ4v) is 4.99. The van der Waals surface area contributed by atoms with Gasteiger partial charge in [-0.15, -0.1) is 0 Å². The summed E-state index contributed by atoms with van der Waals surface area (Å²) in [6.07, 6.45) is 10.4. The second-order valence-electron chi connectivity index (χ2n) is 9.82. The monoisotopic (exact) mass is 486 g/mol. The number of aliphatic hydroxyl groups is 1. The first-order valence-corrected chi connectivity index (χ1v) is 12.5. The standard InChI is InChI=1S/C27H27FN6O2/c28-25-20(8-7-18(33-25)10-15-4-9-22(29-12-15)16-5-6-16)24(36)21-13-30-26-23(21)27(32-14-31-26)34-17-2-1-3-19(35)11-17/h4,7-9,12-14,16-17,19,35H,1-3,5-6,10-11H2,(H2,30,31,32,34)/t17-,19-/m1/s1. The Hall–Kier alpha value is -3.72. The zero-order valence-electron chi connectivity index (χ0n) is 19.7. The molecule has 6 rings (SSSR count). The van der Waals surface area contributed by atoms with Gasteiger partial charge < -0.3 is 15.4 Å². The second-order valence-corrected chi connectivity index (χ2v) is 9.82. The number of rotatable bonds is 7. The number of aromatic amines is 1. The smallest absolute Gasteiger partial charge is 0.224 e. The van der Waals surface area contributed by atoms with Gasteiger partial charge >= 0.3 is 0 Å². The molecule has 184 valence electrons. The lowest BCUT2D eigenvalue weighted by Crippen LogP contribution is -2.30. The Balaban J connectivity index is 1.24. The number of carbonyl (C=O) groups excluding carboxylic acids is 1. The van der Waals surface area contributed by atoms with Gasteiger partial charge in [0.1, 0.15) is 17.8 Å². The Bertz CT molecular complexity index is 1420. The number of H-pyrrole nitrogens is 1. The minimum atomic E-state index is -0.809. The number of anilines is 1. The summed E-state index contributed by atoms with van der Waals surface area (Å²) < 4.78 is 15.1. The highest BCUT2D eigenvalue weighted by molar-refractivity contribution is 6.18. The van der Waals surface area contributed by atoms with Crippen molar-refractivity contribution in [3.63, 3.8) is 0 Å². The molecular weight excluding hydrogens is 459 g/mol. The van der Waals surface area contributed by atoms with Crippen LogP contribution in [0.1, 0.15) is 77.3 Å². The van der Waals surface area contributed by atoms with E-state index < -0.39 is 11.7 Å². The van der Waals surface area contributed by atoms with E-state index in [9.17, 15) is 9.90 Å². The fourth-order valence-electron chi connectivity index (χ4n) is 4.99. The third kappa shape index (κ3) is 4.58. The molecule has 4 aromatic rings. The molecule has 0 aromatic carbocycles. The second kappa shape index (κ2) is 9.39. The van der Waals surface area contributed by atoms with Crippen LogP contribution in [0.25, 0.3) is 11.0 Å². The number of fused-ring (bicyclic) bond motifs is 1. The molecule has 2 aliphatic carbocycles. The van der Waals surface area contributed by atoms with Crippen LogP contribution in [-0.2, 0) is 6.42 Å². The van der Waals surface area contributed by atoms with Crippen LogP contribution in [0.4, 0.5) is 10.2 Å². The van der Waals surface area contributed by atoms with Crippen LogP contribution in [0, 0.1) is 5.95 Å². The van der Waals surface area contributed by atoms with Crippen molar-refractivity contribution in [2.45, 2.75) is 63.0 Å². The molecule has 8 nitrogen and oxygen atoms in total. The molecule has 2 atom stereocenters. The van der Waals surface area contributed by atoms with Gasteiger partial charge in [0.25, 0.3) is 0 Å². The normalized spacial score (nSPS) is 19.9. The van der Waals surface area contributed by atoms with Crippen molar-refractivity contribution in [3.8, 4) is 0 Å². The van der Waals surface area contributed by atoms with Crippen molar-refractivity contribution >= 4 is 22.6 Å². The zero-order valence-corrected chi connectivity index (χ0v) is 19.7. The number of hydrogen-bond donors (Lipinski definition) is 3. The summed E-state index contributed by atoms with van der Waals surface area (Å²) in [4.78, 5) is 33.5. The predicted octanol–water partition coefficient (Wildman–Crippen LogP) is 4.30. The van der Waals surface area contributed by atoms with Crippen LogP contribution < -0.4 is 5.32 Å². The van der Waals surface area contributed by atoms with Crippen molar-refractivity contribution in [2.24, 2.45) is 0 Å². The van der Waals surface area contributed by atoms with Gasteiger partial charge in [-0.1, -0.05) is 6.07 Å². The number of nitrogens with zero attached hydrogens (tertiary/aromatic N) is 4. The number of halogens is 1. The third-order valence-corrected chi connectivity index (χ3v) is 7.08.